The van der Waals surface area contributed by atoms with Crippen LogP contribution in [0.1, 0.15) is 36.6 Å². The van der Waals surface area contributed by atoms with Crippen LogP contribution in [0.25, 0.3) is 0 Å². The molecule has 0 amide bonds. The molecular weight excluding hydrogens is 168 g/mol. The van der Waals surface area contributed by atoms with E-state index in [4.69, 9.17) is 4.74 Å². The Hall–Kier alpha value is -1.03. The zero-order valence-electron chi connectivity index (χ0n) is 7.38. The lowest BCUT2D eigenvalue weighted by atomic mass is 9.93. The number of hydrogen-bond donors (Lipinski definition) is 1. The van der Waals surface area contributed by atoms with E-state index in [1.165, 1.54) is 6.42 Å². The van der Waals surface area contributed by atoms with Crippen molar-refractivity contribution in [2.45, 2.75) is 38.5 Å². The Kier molecular flexibility index (Phi) is 1.41. The van der Waals surface area contributed by atoms with Gasteiger partial charge in [-0.25, -0.2) is 4.68 Å². The summed E-state index contributed by atoms with van der Waals surface area (Å²) in [5.41, 5.74) is 1.96. The minimum Gasteiger partial charge on any atom is -0.370 e. The fourth-order valence-electron chi connectivity index (χ4n) is 1.96. The van der Waals surface area contributed by atoms with E-state index in [1.807, 2.05) is 0 Å². The van der Waals surface area contributed by atoms with Gasteiger partial charge < -0.3 is 4.74 Å². The Morgan fingerprint density at radius 2 is 2.23 bits per heavy atom. The maximum absolute atomic E-state index is 11.7. The summed E-state index contributed by atoms with van der Waals surface area (Å²) in [6.45, 7) is 1.06. The van der Waals surface area contributed by atoms with E-state index in [1.54, 1.807) is 4.68 Å². The SMILES string of the molecule is O=c1c2c([nH]n1C1CCC1)COC2. The minimum absolute atomic E-state index is 0.136. The van der Waals surface area contributed by atoms with Crippen molar-refractivity contribution in [2.24, 2.45) is 0 Å². The third kappa shape index (κ3) is 0.920. The van der Waals surface area contributed by atoms with E-state index in [-0.39, 0.29) is 5.56 Å². The van der Waals surface area contributed by atoms with Crippen LogP contribution in [-0.2, 0) is 18.0 Å². The molecule has 1 fully saturated rings. The number of H-pyrrole nitrogens is 1. The summed E-state index contributed by atoms with van der Waals surface area (Å²) in [7, 11) is 0. The first-order chi connectivity index (χ1) is 6.36. The van der Waals surface area contributed by atoms with E-state index in [0.29, 0.717) is 19.3 Å². The fraction of sp³-hybridized carbons (Fsp3) is 0.667. The van der Waals surface area contributed by atoms with E-state index < -0.39 is 0 Å². The molecule has 1 aliphatic carbocycles. The third-order valence-corrected chi connectivity index (χ3v) is 3.03. The minimum atomic E-state index is 0.136. The zero-order chi connectivity index (χ0) is 8.84. The molecule has 0 atom stereocenters. The summed E-state index contributed by atoms with van der Waals surface area (Å²) in [5, 5.41) is 3.14. The molecule has 1 aromatic heterocycles. The second-order valence-electron chi connectivity index (χ2n) is 3.82. The lowest BCUT2D eigenvalue weighted by Gasteiger charge is -2.25. The van der Waals surface area contributed by atoms with Gasteiger partial charge in [0.05, 0.1) is 30.5 Å². The van der Waals surface area contributed by atoms with Gasteiger partial charge in [-0.2, -0.15) is 0 Å². The molecule has 1 aromatic rings. The zero-order valence-corrected chi connectivity index (χ0v) is 7.38. The van der Waals surface area contributed by atoms with Gasteiger partial charge in [0.25, 0.3) is 5.56 Å². The number of aromatic amines is 1. The smallest absolute Gasteiger partial charge is 0.272 e. The van der Waals surface area contributed by atoms with E-state index in [0.717, 1.165) is 24.1 Å². The van der Waals surface area contributed by atoms with Gasteiger partial charge in [-0.15, -0.1) is 0 Å². The maximum atomic E-state index is 11.7. The van der Waals surface area contributed by atoms with Crippen LogP contribution in [0, 0.1) is 0 Å². The Bertz CT molecular complexity index is 387. The number of rotatable bonds is 1. The second-order valence-corrected chi connectivity index (χ2v) is 3.82. The molecule has 2 aliphatic rings. The molecule has 70 valence electrons. The highest BCUT2D eigenvalue weighted by Crippen LogP contribution is 2.30. The molecule has 0 aromatic carbocycles. The average molecular weight is 180 g/mol. The molecule has 0 bridgehead atoms. The number of nitrogens with one attached hydrogen (secondary N) is 1. The lowest BCUT2D eigenvalue weighted by molar-refractivity contribution is 0.128. The molecule has 1 N–H and O–H groups in total. The molecule has 3 rings (SSSR count). The van der Waals surface area contributed by atoms with Crippen LogP contribution < -0.4 is 5.56 Å². The predicted octanol–water partition coefficient (Wildman–Crippen LogP) is 0.932. The van der Waals surface area contributed by atoms with Gasteiger partial charge in [-0.3, -0.25) is 9.89 Å². The van der Waals surface area contributed by atoms with Crippen LogP contribution in [-0.4, -0.2) is 9.78 Å². The standard InChI is InChI=1S/C9H12N2O2/c12-9-7-4-13-5-8(7)10-11(9)6-2-1-3-6/h6,10H,1-5H2. The van der Waals surface area contributed by atoms with Crippen molar-refractivity contribution in [1.82, 2.24) is 9.78 Å². The highest BCUT2D eigenvalue weighted by Gasteiger charge is 2.26. The number of hydrogen-bond acceptors (Lipinski definition) is 2. The Labute approximate surface area is 75.5 Å². The molecular formula is C9H12N2O2. The number of nitrogens with zero attached hydrogens (tertiary/aromatic N) is 1. The van der Waals surface area contributed by atoms with Crippen LogP contribution in [0.4, 0.5) is 0 Å². The monoisotopic (exact) mass is 180 g/mol. The Morgan fingerprint density at radius 1 is 1.38 bits per heavy atom. The van der Waals surface area contributed by atoms with Gasteiger partial charge in [-0.1, -0.05) is 0 Å². The van der Waals surface area contributed by atoms with Crippen molar-refractivity contribution in [3.63, 3.8) is 0 Å². The van der Waals surface area contributed by atoms with Crippen LogP contribution >= 0.6 is 0 Å². The summed E-state index contributed by atoms with van der Waals surface area (Å²) in [6, 6.07) is 0.429. The number of fused-ring (bicyclic) bond motifs is 1. The summed E-state index contributed by atoms with van der Waals surface area (Å²) >= 11 is 0. The number of ether oxygens (including phenoxy) is 1. The predicted molar refractivity (Wildman–Crippen MR) is 46.4 cm³/mol. The van der Waals surface area contributed by atoms with Crippen LogP contribution in [0.3, 0.4) is 0 Å². The Balaban J connectivity index is 2.07. The largest absolute Gasteiger partial charge is 0.370 e. The second kappa shape index (κ2) is 2.48. The fourth-order valence-corrected chi connectivity index (χ4v) is 1.96. The van der Waals surface area contributed by atoms with Gasteiger partial charge in [0, 0.05) is 0 Å². The summed E-state index contributed by atoms with van der Waals surface area (Å²) < 4.78 is 6.97. The molecule has 2 heterocycles. The topological polar surface area (TPSA) is 47.0 Å². The molecule has 4 nitrogen and oxygen atoms in total. The first-order valence-corrected chi connectivity index (χ1v) is 4.76. The molecule has 0 spiro atoms. The molecule has 4 heteroatoms. The molecule has 13 heavy (non-hydrogen) atoms. The van der Waals surface area contributed by atoms with Crippen molar-refractivity contribution in [3.8, 4) is 0 Å². The van der Waals surface area contributed by atoms with Crippen molar-refractivity contribution in [2.75, 3.05) is 0 Å². The van der Waals surface area contributed by atoms with Gasteiger partial charge in [-0.05, 0) is 19.3 Å². The average Bonchev–Trinajstić information content (AvgIpc) is 2.54. The first kappa shape index (κ1) is 7.38. The summed E-state index contributed by atoms with van der Waals surface area (Å²) in [5.74, 6) is 0. The highest BCUT2D eigenvalue weighted by atomic mass is 16.5. The van der Waals surface area contributed by atoms with E-state index in [9.17, 15) is 4.79 Å². The van der Waals surface area contributed by atoms with Crippen molar-refractivity contribution < 1.29 is 4.74 Å². The molecule has 0 unspecified atom stereocenters. The van der Waals surface area contributed by atoms with Gasteiger partial charge in [0.15, 0.2) is 0 Å². The molecule has 0 radical (unpaired) electrons. The first-order valence-electron chi connectivity index (χ1n) is 4.76. The molecule has 0 saturated heterocycles. The van der Waals surface area contributed by atoms with Crippen LogP contribution in [0.15, 0.2) is 4.79 Å². The van der Waals surface area contributed by atoms with E-state index in [2.05, 4.69) is 5.10 Å². The van der Waals surface area contributed by atoms with Gasteiger partial charge in [0.2, 0.25) is 0 Å². The summed E-state index contributed by atoms with van der Waals surface area (Å²) in [6.07, 6.45) is 3.53. The van der Waals surface area contributed by atoms with Crippen molar-refractivity contribution >= 4 is 0 Å². The van der Waals surface area contributed by atoms with Crippen LogP contribution in [0.5, 0.6) is 0 Å². The Morgan fingerprint density at radius 3 is 2.85 bits per heavy atom. The van der Waals surface area contributed by atoms with Crippen molar-refractivity contribution in [1.29, 1.82) is 0 Å². The maximum Gasteiger partial charge on any atom is 0.272 e. The van der Waals surface area contributed by atoms with E-state index >= 15 is 0 Å². The third-order valence-electron chi connectivity index (χ3n) is 3.03. The number of aromatic nitrogens is 2. The highest BCUT2D eigenvalue weighted by molar-refractivity contribution is 5.19. The van der Waals surface area contributed by atoms with Gasteiger partial charge in [0.1, 0.15) is 0 Å². The lowest BCUT2D eigenvalue weighted by Crippen LogP contribution is -2.28. The van der Waals surface area contributed by atoms with Crippen molar-refractivity contribution in [3.05, 3.63) is 21.6 Å². The normalized spacial score (nSPS) is 21.5. The van der Waals surface area contributed by atoms with Crippen LogP contribution in [0.2, 0.25) is 0 Å². The summed E-state index contributed by atoms with van der Waals surface area (Å²) in [4.78, 5) is 11.7. The quantitative estimate of drug-likeness (QED) is 0.698. The molecule has 1 saturated carbocycles. The molecule has 1 aliphatic heterocycles. The van der Waals surface area contributed by atoms with Gasteiger partial charge >= 0.3 is 0 Å².